The van der Waals surface area contributed by atoms with Crippen LogP contribution in [0.25, 0.3) is 10.9 Å². The van der Waals surface area contributed by atoms with Crippen LogP contribution in [0.15, 0.2) is 30.5 Å². The molecule has 0 atom stereocenters. The number of halogens is 1. The minimum atomic E-state index is 0.380. The van der Waals surface area contributed by atoms with Crippen LogP contribution in [-0.4, -0.2) is 4.98 Å². The maximum absolute atomic E-state index is 8.79. The first-order valence-corrected chi connectivity index (χ1v) is 5.18. The van der Waals surface area contributed by atoms with Crippen molar-refractivity contribution in [3.8, 4) is 6.07 Å². The first-order chi connectivity index (χ1) is 7.36. The topological polar surface area (TPSA) is 36.7 Å². The molecule has 0 aliphatic heterocycles. The van der Waals surface area contributed by atoms with Gasteiger partial charge < -0.3 is 0 Å². The lowest BCUT2D eigenvalue weighted by Gasteiger charge is -2.06. The Kier molecular flexibility index (Phi) is 2.84. The maximum atomic E-state index is 8.79. The van der Waals surface area contributed by atoms with E-state index in [1.807, 2.05) is 24.3 Å². The lowest BCUT2D eigenvalue weighted by molar-refractivity contribution is 1.18. The molecule has 2 aromatic rings. The van der Waals surface area contributed by atoms with Crippen molar-refractivity contribution in [2.24, 2.45) is 0 Å². The van der Waals surface area contributed by atoms with Crippen LogP contribution in [0.5, 0.6) is 0 Å². The van der Waals surface area contributed by atoms with Gasteiger partial charge in [-0.3, -0.25) is 4.98 Å². The zero-order valence-electron chi connectivity index (χ0n) is 8.07. The van der Waals surface area contributed by atoms with Gasteiger partial charge in [0.2, 0.25) is 0 Å². The van der Waals surface area contributed by atoms with E-state index >= 15 is 0 Å². The molecule has 0 aliphatic carbocycles. The zero-order chi connectivity index (χ0) is 10.7. The summed E-state index contributed by atoms with van der Waals surface area (Å²) in [5.74, 6) is 0.398. The molecule has 0 N–H and O–H groups in total. The number of fused-ring (bicyclic) bond motifs is 1. The number of rotatable bonds is 2. The Bertz CT molecular complexity index is 529. The Labute approximate surface area is 93.1 Å². The molecule has 0 bridgehead atoms. The third kappa shape index (κ3) is 1.79. The zero-order valence-corrected chi connectivity index (χ0v) is 8.83. The van der Waals surface area contributed by atoms with Gasteiger partial charge in [-0.1, -0.05) is 18.2 Å². The third-order valence-electron chi connectivity index (χ3n) is 2.38. The molecule has 1 heterocycles. The molecule has 0 saturated heterocycles. The Balaban J connectivity index is 2.74. The molecule has 3 heteroatoms. The minimum absolute atomic E-state index is 0.380. The molecule has 74 valence electrons. The van der Waals surface area contributed by atoms with Gasteiger partial charge in [0.25, 0.3) is 0 Å². The summed E-state index contributed by atoms with van der Waals surface area (Å²) in [7, 11) is 0. The number of para-hydroxylation sites is 1. The minimum Gasteiger partial charge on any atom is -0.256 e. The Morgan fingerprint density at radius 3 is 2.87 bits per heavy atom. The van der Waals surface area contributed by atoms with Crippen molar-refractivity contribution in [1.82, 2.24) is 4.98 Å². The lowest BCUT2D eigenvalue weighted by atomic mass is 10.0. The Morgan fingerprint density at radius 1 is 1.33 bits per heavy atom. The first-order valence-electron chi connectivity index (χ1n) is 4.65. The van der Waals surface area contributed by atoms with Crippen molar-refractivity contribution in [2.45, 2.75) is 12.3 Å². The van der Waals surface area contributed by atoms with Crippen LogP contribution in [0.1, 0.15) is 11.1 Å². The highest BCUT2D eigenvalue weighted by molar-refractivity contribution is 6.17. The molecule has 0 saturated carbocycles. The second-order valence-electron chi connectivity index (χ2n) is 3.25. The van der Waals surface area contributed by atoms with Crippen LogP contribution < -0.4 is 0 Å². The van der Waals surface area contributed by atoms with Crippen molar-refractivity contribution in [1.29, 1.82) is 5.26 Å². The Morgan fingerprint density at radius 2 is 2.13 bits per heavy atom. The lowest BCUT2D eigenvalue weighted by Crippen LogP contribution is -1.94. The number of aromatic nitrogens is 1. The van der Waals surface area contributed by atoms with E-state index in [0.29, 0.717) is 12.3 Å². The maximum Gasteiger partial charge on any atom is 0.0705 e. The van der Waals surface area contributed by atoms with Gasteiger partial charge in [-0.05, 0) is 17.2 Å². The summed E-state index contributed by atoms with van der Waals surface area (Å²) >= 11 is 5.82. The van der Waals surface area contributed by atoms with E-state index in [9.17, 15) is 0 Å². The van der Waals surface area contributed by atoms with E-state index < -0.39 is 0 Å². The highest BCUT2D eigenvalue weighted by atomic mass is 35.5. The fourth-order valence-electron chi connectivity index (χ4n) is 1.64. The van der Waals surface area contributed by atoms with Gasteiger partial charge in [0.05, 0.1) is 18.0 Å². The number of pyridine rings is 1. The summed E-state index contributed by atoms with van der Waals surface area (Å²) in [4.78, 5) is 4.30. The molecule has 0 unspecified atom stereocenters. The summed E-state index contributed by atoms with van der Waals surface area (Å²) in [5.41, 5.74) is 2.85. The molecular weight excluding hydrogens is 208 g/mol. The van der Waals surface area contributed by atoms with Crippen LogP contribution in [0, 0.1) is 11.3 Å². The molecule has 2 nitrogen and oxygen atoms in total. The normalized spacial score (nSPS) is 10.1. The average Bonchev–Trinajstić information content (AvgIpc) is 2.30. The largest absolute Gasteiger partial charge is 0.256 e. The smallest absolute Gasteiger partial charge is 0.0705 e. The highest BCUT2D eigenvalue weighted by Gasteiger charge is 2.06. The van der Waals surface area contributed by atoms with Crippen LogP contribution in [0.3, 0.4) is 0 Å². The van der Waals surface area contributed by atoms with Crippen LogP contribution in [0.2, 0.25) is 0 Å². The number of hydrogen-bond donors (Lipinski definition) is 0. The molecule has 0 amide bonds. The quantitative estimate of drug-likeness (QED) is 0.724. The number of alkyl halides is 1. The molecule has 0 aliphatic rings. The molecular formula is C12H9ClN2. The SMILES string of the molecule is N#CCc1c(CCl)cnc2ccccc12. The molecule has 0 spiro atoms. The van der Waals surface area contributed by atoms with Gasteiger partial charge in [-0.15, -0.1) is 11.6 Å². The molecule has 2 rings (SSSR count). The molecule has 15 heavy (non-hydrogen) atoms. The predicted molar refractivity (Wildman–Crippen MR) is 60.6 cm³/mol. The van der Waals surface area contributed by atoms with E-state index in [1.165, 1.54) is 0 Å². The summed E-state index contributed by atoms with van der Waals surface area (Å²) in [6.07, 6.45) is 2.13. The summed E-state index contributed by atoms with van der Waals surface area (Å²) < 4.78 is 0. The number of nitrogens with zero attached hydrogens (tertiary/aromatic N) is 2. The number of nitriles is 1. The van der Waals surface area contributed by atoms with Gasteiger partial charge in [0, 0.05) is 17.5 Å². The average molecular weight is 217 g/mol. The van der Waals surface area contributed by atoms with E-state index in [-0.39, 0.29) is 0 Å². The van der Waals surface area contributed by atoms with Gasteiger partial charge in [-0.2, -0.15) is 5.26 Å². The van der Waals surface area contributed by atoms with Crippen molar-refractivity contribution in [3.63, 3.8) is 0 Å². The van der Waals surface area contributed by atoms with Crippen molar-refractivity contribution >= 4 is 22.5 Å². The standard InChI is InChI=1S/C12H9ClN2/c13-7-9-8-15-12-4-2-1-3-11(12)10(9)5-6-14/h1-4,8H,5,7H2. The predicted octanol–water partition coefficient (Wildman–Crippen LogP) is 3.04. The fourth-order valence-corrected chi connectivity index (χ4v) is 1.87. The van der Waals surface area contributed by atoms with Crippen molar-refractivity contribution < 1.29 is 0 Å². The van der Waals surface area contributed by atoms with Gasteiger partial charge in [-0.25, -0.2) is 0 Å². The summed E-state index contributed by atoms with van der Waals surface area (Å²) in [5, 5.41) is 9.81. The number of benzene rings is 1. The third-order valence-corrected chi connectivity index (χ3v) is 2.66. The fraction of sp³-hybridized carbons (Fsp3) is 0.167. The van der Waals surface area contributed by atoms with E-state index in [1.54, 1.807) is 6.20 Å². The van der Waals surface area contributed by atoms with Crippen molar-refractivity contribution in [3.05, 3.63) is 41.6 Å². The van der Waals surface area contributed by atoms with E-state index in [0.717, 1.165) is 22.0 Å². The molecule has 1 aromatic heterocycles. The van der Waals surface area contributed by atoms with E-state index in [4.69, 9.17) is 16.9 Å². The second kappa shape index (κ2) is 4.29. The monoisotopic (exact) mass is 216 g/mol. The van der Waals surface area contributed by atoms with Crippen LogP contribution in [0.4, 0.5) is 0 Å². The molecule has 0 fully saturated rings. The van der Waals surface area contributed by atoms with Crippen LogP contribution >= 0.6 is 11.6 Å². The van der Waals surface area contributed by atoms with Crippen LogP contribution in [-0.2, 0) is 12.3 Å². The van der Waals surface area contributed by atoms with Gasteiger partial charge in [0.15, 0.2) is 0 Å². The Hall–Kier alpha value is -1.59. The first kappa shape index (κ1) is 9.95. The number of hydrogen-bond acceptors (Lipinski definition) is 2. The van der Waals surface area contributed by atoms with E-state index in [2.05, 4.69) is 11.1 Å². The molecule has 0 radical (unpaired) electrons. The summed E-state index contributed by atoms with van der Waals surface area (Å²) in [6, 6.07) is 9.96. The van der Waals surface area contributed by atoms with Gasteiger partial charge >= 0.3 is 0 Å². The van der Waals surface area contributed by atoms with Gasteiger partial charge in [0.1, 0.15) is 0 Å². The van der Waals surface area contributed by atoms with Crippen molar-refractivity contribution in [2.75, 3.05) is 0 Å². The summed E-state index contributed by atoms with van der Waals surface area (Å²) in [6.45, 7) is 0. The molecule has 1 aromatic carbocycles. The second-order valence-corrected chi connectivity index (χ2v) is 3.51. The highest BCUT2D eigenvalue weighted by Crippen LogP contribution is 2.21.